The van der Waals surface area contributed by atoms with Crippen molar-refractivity contribution in [1.29, 1.82) is 0 Å². The molecule has 1 heteroatoms. The van der Waals surface area contributed by atoms with Gasteiger partial charge in [0, 0.05) is 0 Å². The summed E-state index contributed by atoms with van der Waals surface area (Å²) in [4.78, 5) is 0. The van der Waals surface area contributed by atoms with Gasteiger partial charge in [0.1, 0.15) is 0 Å². The lowest BCUT2D eigenvalue weighted by Crippen LogP contribution is -2.30. The lowest BCUT2D eigenvalue weighted by Gasteiger charge is -2.37. The van der Waals surface area contributed by atoms with Gasteiger partial charge >= 0.3 is 0 Å². The van der Waals surface area contributed by atoms with Crippen LogP contribution < -0.4 is 0 Å². The van der Waals surface area contributed by atoms with Gasteiger partial charge in [0.2, 0.25) is 0 Å². The van der Waals surface area contributed by atoms with E-state index in [9.17, 15) is 0 Å². The summed E-state index contributed by atoms with van der Waals surface area (Å²) >= 11 is 0. The molecule has 1 nitrogen and oxygen atoms in total. The monoisotopic (exact) mass is 264 g/mol. The summed E-state index contributed by atoms with van der Waals surface area (Å²) < 4.78 is 6.12. The Morgan fingerprint density at radius 2 is 1.84 bits per heavy atom. The number of hydrogen-bond acceptors (Lipinski definition) is 1. The molecular weight excluding hydrogens is 232 g/mol. The van der Waals surface area contributed by atoms with Crippen LogP contribution in [0.2, 0.25) is 0 Å². The second-order valence-corrected chi connectivity index (χ2v) is 7.05. The van der Waals surface area contributed by atoms with E-state index in [1.807, 2.05) is 0 Å². The summed E-state index contributed by atoms with van der Waals surface area (Å²) in [6.07, 6.45) is 11.0. The molecule has 0 aromatic rings. The topological polar surface area (TPSA) is 9.23 Å². The van der Waals surface area contributed by atoms with Gasteiger partial charge in [-0.05, 0) is 50.4 Å². The standard InChI is InChI=1S/C18H32O/c1-7-14(2)8-9-15(3)19-17-12-10-16(11-13-17)18(4,5)6/h8-9,15-17H,2,7,10-13H2,1,3-6H3/b9-8-. The van der Waals surface area contributed by atoms with Crippen LogP contribution in [0.25, 0.3) is 0 Å². The predicted molar refractivity (Wildman–Crippen MR) is 84.3 cm³/mol. The van der Waals surface area contributed by atoms with Crippen molar-refractivity contribution in [3.8, 4) is 0 Å². The van der Waals surface area contributed by atoms with E-state index in [0.29, 0.717) is 11.5 Å². The molecule has 1 aliphatic carbocycles. The highest BCUT2D eigenvalue weighted by atomic mass is 16.5. The molecule has 0 aromatic heterocycles. The van der Waals surface area contributed by atoms with Crippen LogP contribution in [0.15, 0.2) is 24.3 Å². The van der Waals surface area contributed by atoms with Crippen LogP contribution in [0.1, 0.15) is 66.7 Å². The summed E-state index contributed by atoms with van der Waals surface area (Å²) in [5.74, 6) is 0.859. The largest absolute Gasteiger partial charge is 0.371 e. The third-order valence-electron chi connectivity index (χ3n) is 4.36. The van der Waals surface area contributed by atoms with Crippen LogP contribution in [0.3, 0.4) is 0 Å². The van der Waals surface area contributed by atoms with Crippen LogP contribution in [0.5, 0.6) is 0 Å². The average Bonchev–Trinajstić information content (AvgIpc) is 2.35. The van der Waals surface area contributed by atoms with E-state index in [1.54, 1.807) is 0 Å². The predicted octanol–water partition coefficient (Wildman–Crippen LogP) is 5.52. The van der Waals surface area contributed by atoms with Gasteiger partial charge in [0.05, 0.1) is 12.2 Å². The number of hydrogen-bond donors (Lipinski definition) is 0. The van der Waals surface area contributed by atoms with E-state index >= 15 is 0 Å². The summed E-state index contributed by atoms with van der Waals surface area (Å²) in [6, 6.07) is 0. The van der Waals surface area contributed by atoms with Crippen LogP contribution in [-0.4, -0.2) is 12.2 Å². The molecule has 0 spiro atoms. The molecule has 0 saturated heterocycles. The van der Waals surface area contributed by atoms with Gasteiger partial charge in [0.25, 0.3) is 0 Å². The van der Waals surface area contributed by atoms with E-state index in [1.165, 1.54) is 31.3 Å². The smallest absolute Gasteiger partial charge is 0.0734 e. The van der Waals surface area contributed by atoms with E-state index < -0.39 is 0 Å². The molecule has 0 amide bonds. The minimum atomic E-state index is 0.208. The molecule has 110 valence electrons. The fraction of sp³-hybridized carbons (Fsp3) is 0.778. The zero-order valence-corrected chi connectivity index (χ0v) is 13.5. The second-order valence-electron chi connectivity index (χ2n) is 7.05. The van der Waals surface area contributed by atoms with Gasteiger partial charge in [-0.3, -0.25) is 0 Å². The number of allylic oxidation sites excluding steroid dienone is 2. The van der Waals surface area contributed by atoms with Gasteiger partial charge in [-0.2, -0.15) is 0 Å². The number of ether oxygens (including phenoxy) is 1. The van der Waals surface area contributed by atoms with Crippen LogP contribution in [-0.2, 0) is 4.74 Å². The van der Waals surface area contributed by atoms with Crippen LogP contribution in [0.4, 0.5) is 0 Å². The molecule has 1 unspecified atom stereocenters. The highest BCUT2D eigenvalue weighted by Gasteiger charge is 2.30. The summed E-state index contributed by atoms with van der Waals surface area (Å²) in [7, 11) is 0. The highest BCUT2D eigenvalue weighted by molar-refractivity contribution is 5.14. The maximum atomic E-state index is 6.12. The summed E-state index contributed by atoms with van der Waals surface area (Å²) in [5, 5.41) is 0. The van der Waals surface area contributed by atoms with Gasteiger partial charge in [-0.15, -0.1) is 0 Å². The second kappa shape index (κ2) is 7.28. The number of rotatable bonds is 5. The third kappa shape index (κ3) is 5.95. The fourth-order valence-electron chi connectivity index (χ4n) is 2.80. The Hall–Kier alpha value is -0.560. The molecule has 19 heavy (non-hydrogen) atoms. The Morgan fingerprint density at radius 3 is 2.32 bits per heavy atom. The normalized spacial score (nSPS) is 26.6. The molecule has 0 aromatic carbocycles. The SMILES string of the molecule is C=C(/C=C\C(C)OC1CCC(C(C)(C)C)CC1)CC. The van der Waals surface area contributed by atoms with Gasteiger partial charge in [-0.1, -0.05) is 52.0 Å². The van der Waals surface area contributed by atoms with Crippen molar-refractivity contribution in [2.24, 2.45) is 11.3 Å². The first-order valence-electron chi connectivity index (χ1n) is 7.84. The quantitative estimate of drug-likeness (QED) is 0.594. The Kier molecular flexibility index (Phi) is 6.32. The zero-order valence-electron chi connectivity index (χ0n) is 13.5. The van der Waals surface area contributed by atoms with E-state index in [-0.39, 0.29) is 6.10 Å². The van der Waals surface area contributed by atoms with Gasteiger partial charge < -0.3 is 4.74 Å². The molecular formula is C18H32O. The lowest BCUT2D eigenvalue weighted by atomic mass is 9.72. The van der Waals surface area contributed by atoms with Crippen molar-refractivity contribution in [2.45, 2.75) is 78.9 Å². The first-order valence-corrected chi connectivity index (χ1v) is 7.84. The first-order chi connectivity index (χ1) is 8.82. The van der Waals surface area contributed by atoms with Crippen molar-refractivity contribution < 1.29 is 4.74 Å². The van der Waals surface area contributed by atoms with Crippen molar-refractivity contribution in [2.75, 3.05) is 0 Å². The fourth-order valence-corrected chi connectivity index (χ4v) is 2.80. The lowest BCUT2D eigenvalue weighted by molar-refractivity contribution is -0.0183. The van der Waals surface area contributed by atoms with E-state index in [4.69, 9.17) is 4.74 Å². The minimum Gasteiger partial charge on any atom is -0.371 e. The Bertz CT molecular complexity index is 300. The summed E-state index contributed by atoms with van der Waals surface area (Å²) in [6.45, 7) is 15.3. The molecule has 1 atom stereocenters. The molecule has 1 fully saturated rings. The Balaban J connectivity index is 2.33. The Morgan fingerprint density at radius 1 is 1.26 bits per heavy atom. The van der Waals surface area contributed by atoms with Crippen molar-refractivity contribution in [3.63, 3.8) is 0 Å². The molecule has 0 heterocycles. The molecule has 1 saturated carbocycles. The van der Waals surface area contributed by atoms with Crippen LogP contribution >= 0.6 is 0 Å². The molecule has 0 aliphatic heterocycles. The first kappa shape index (κ1) is 16.5. The zero-order chi connectivity index (χ0) is 14.5. The minimum absolute atomic E-state index is 0.208. The van der Waals surface area contributed by atoms with E-state index in [0.717, 1.165) is 12.3 Å². The average molecular weight is 264 g/mol. The summed E-state index contributed by atoms with van der Waals surface area (Å²) in [5.41, 5.74) is 1.63. The molecule has 0 bridgehead atoms. The van der Waals surface area contributed by atoms with Crippen molar-refractivity contribution in [1.82, 2.24) is 0 Å². The van der Waals surface area contributed by atoms with Crippen molar-refractivity contribution >= 4 is 0 Å². The maximum absolute atomic E-state index is 6.12. The molecule has 0 N–H and O–H groups in total. The maximum Gasteiger partial charge on any atom is 0.0734 e. The van der Waals surface area contributed by atoms with Gasteiger partial charge in [-0.25, -0.2) is 0 Å². The molecule has 0 radical (unpaired) electrons. The molecule has 1 aliphatic rings. The Labute approximate surface area is 120 Å². The molecule has 1 rings (SSSR count). The van der Waals surface area contributed by atoms with Crippen LogP contribution in [0, 0.1) is 11.3 Å². The van der Waals surface area contributed by atoms with E-state index in [2.05, 4.69) is 53.3 Å². The third-order valence-corrected chi connectivity index (χ3v) is 4.36. The highest BCUT2D eigenvalue weighted by Crippen LogP contribution is 2.38. The van der Waals surface area contributed by atoms with Crippen molar-refractivity contribution in [3.05, 3.63) is 24.3 Å². The van der Waals surface area contributed by atoms with Gasteiger partial charge in [0.15, 0.2) is 0 Å².